The largest absolute Gasteiger partial charge is 0.378 e. The summed E-state index contributed by atoms with van der Waals surface area (Å²) < 4.78 is 5.25. The van der Waals surface area contributed by atoms with Crippen LogP contribution in [0.1, 0.15) is 22.4 Å². The molecule has 0 atom stereocenters. The van der Waals surface area contributed by atoms with E-state index in [1.54, 1.807) is 0 Å². The van der Waals surface area contributed by atoms with Gasteiger partial charge in [0.2, 0.25) is 0 Å². The summed E-state index contributed by atoms with van der Waals surface area (Å²) in [5, 5.41) is 0. The highest BCUT2D eigenvalue weighted by Crippen LogP contribution is 2.25. The first-order valence-corrected chi connectivity index (χ1v) is 6.46. The third-order valence-electron chi connectivity index (χ3n) is 4.11. The molecule has 5 nitrogen and oxygen atoms in total. The summed E-state index contributed by atoms with van der Waals surface area (Å²) in [5.41, 5.74) is 9.86. The van der Waals surface area contributed by atoms with E-state index in [2.05, 4.69) is 9.88 Å². The zero-order valence-corrected chi connectivity index (χ0v) is 10.7. The number of hydrogen-bond donors (Lipinski definition) is 2. The smallest absolute Gasteiger partial charge is 0.252 e. The molecule has 2 aliphatic heterocycles. The number of hydrogen-bond acceptors (Lipinski definition) is 4. The summed E-state index contributed by atoms with van der Waals surface area (Å²) >= 11 is 0. The molecule has 3 heterocycles. The number of nitrogens with one attached hydrogen (secondary N) is 1. The van der Waals surface area contributed by atoms with E-state index in [4.69, 9.17) is 10.5 Å². The van der Waals surface area contributed by atoms with Crippen molar-refractivity contribution in [3.05, 3.63) is 32.7 Å². The SMILES string of the molecule is Cc1[nH]c(=O)c(CN)c2c1CN(C1COC1)CC2. The molecule has 0 radical (unpaired) electrons. The van der Waals surface area contributed by atoms with Gasteiger partial charge in [-0.2, -0.15) is 0 Å². The standard InChI is InChI=1S/C13H19N3O2/c1-8-12-5-16(9-6-18-7-9)3-2-10(12)11(4-14)13(17)15-8/h9H,2-7,14H2,1H3,(H,15,17). The molecular formula is C13H19N3O2. The summed E-state index contributed by atoms with van der Waals surface area (Å²) in [6.45, 7) is 5.87. The molecule has 1 aromatic rings. The molecule has 1 aromatic heterocycles. The fraction of sp³-hybridized carbons (Fsp3) is 0.615. The number of H-pyrrole nitrogens is 1. The number of rotatable bonds is 2. The Labute approximate surface area is 106 Å². The first-order chi connectivity index (χ1) is 8.70. The molecule has 0 aromatic carbocycles. The number of ether oxygens (including phenoxy) is 1. The van der Waals surface area contributed by atoms with Gasteiger partial charge in [-0.15, -0.1) is 0 Å². The van der Waals surface area contributed by atoms with Crippen molar-refractivity contribution in [1.29, 1.82) is 0 Å². The van der Waals surface area contributed by atoms with Gasteiger partial charge in [0.25, 0.3) is 5.56 Å². The van der Waals surface area contributed by atoms with E-state index in [9.17, 15) is 4.79 Å². The van der Waals surface area contributed by atoms with Crippen LogP contribution in [-0.4, -0.2) is 35.7 Å². The van der Waals surface area contributed by atoms with Gasteiger partial charge in [-0.1, -0.05) is 0 Å². The van der Waals surface area contributed by atoms with E-state index in [0.29, 0.717) is 12.6 Å². The van der Waals surface area contributed by atoms with E-state index in [-0.39, 0.29) is 5.56 Å². The van der Waals surface area contributed by atoms with E-state index < -0.39 is 0 Å². The predicted molar refractivity (Wildman–Crippen MR) is 68.4 cm³/mol. The Balaban J connectivity index is 1.97. The summed E-state index contributed by atoms with van der Waals surface area (Å²) in [5.74, 6) is 0. The van der Waals surface area contributed by atoms with Crippen LogP contribution in [0.15, 0.2) is 4.79 Å². The first kappa shape index (κ1) is 11.9. The lowest BCUT2D eigenvalue weighted by Crippen LogP contribution is -2.51. The van der Waals surface area contributed by atoms with Gasteiger partial charge in [-0.05, 0) is 24.5 Å². The topological polar surface area (TPSA) is 71.3 Å². The highest BCUT2D eigenvalue weighted by atomic mass is 16.5. The van der Waals surface area contributed by atoms with E-state index in [1.165, 1.54) is 11.1 Å². The van der Waals surface area contributed by atoms with Crippen LogP contribution in [0.5, 0.6) is 0 Å². The van der Waals surface area contributed by atoms with Crippen LogP contribution in [0.2, 0.25) is 0 Å². The average Bonchev–Trinajstić information content (AvgIpc) is 2.28. The lowest BCUT2D eigenvalue weighted by molar-refractivity contribution is -0.0696. The Bertz CT molecular complexity index is 520. The second kappa shape index (κ2) is 4.50. The minimum Gasteiger partial charge on any atom is -0.378 e. The Morgan fingerprint density at radius 1 is 1.44 bits per heavy atom. The summed E-state index contributed by atoms with van der Waals surface area (Å²) in [7, 11) is 0. The van der Waals surface area contributed by atoms with Crippen molar-refractivity contribution in [2.24, 2.45) is 5.73 Å². The third-order valence-corrected chi connectivity index (χ3v) is 4.11. The lowest BCUT2D eigenvalue weighted by atomic mass is 9.93. The molecular weight excluding hydrogens is 230 g/mol. The molecule has 0 saturated carbocycles. The molecule has 1 saturated heterocycles. The molecule has 5 heteroatoms. The van der Waals surface area contributed by atoms with Gasteiger partial charge < -0.3 is 15.5 Å². The highest BCUT2D eigenvalue weighted by Gasteiger charge is 2.30. The van der Waals surface area contributed by atoms with Crippen molar-refractivity contribution < 1.29 is 4.74 Å². The lowest BCUT2D eigenvalue weighted by Gasteiger charge is -2.40. The summed E-state index contributed by atoms with van der Waals surface area (Å²) in [6.07, 6.45) is 0.920. The second-order valence-corrected chi connectivity index (χ2v) is 5.13. The zero-order valence-electron chi connectivity index (χ0n) is 10.7. The maximum atomic E-state index is 11.9. The van der Waals surface area contributed by atoms with Gasteiger partial charge >= 0.3 is 0 Å². The van der Waals surface area contributed by atoms with Crippen LogP contribution < -0.4 is 11.3 Å². The van der Waals surface area contributed by atoms with Crippen LogP contribution in [0, 0.1) is 6.92 Å². The molecule has 3 rings (SSSR count). The van der Waals surface area contributed by atoms with Crippen LogP contribution in [0.4, 0.5) is 0 Å². The number of aryl methyl sites for hydroxylation is 1. The minimum atomic E-state index is -0.0193. The van der Waals surface area contributed by atoms with Crippen molar-refractivity contribution in [3.8, 4) is 0 Å². The highest BCUT2D eigenvalue weighted by molar-refractivity contribution is 5.38. The predicted octanol–water partition coefficient (Wildman–Crippen LogP) is -0.101. The van der Waals surface area contributed by atoms with Crippen molar-refractivity contribution in [2.75, 3.05) is 19.8 Å². The van der Waals surface area contributed by atoms with Crippen LogP contribution >= 0.6 is 0 Å². The van der Waals surface area contributed by atoms with Crippen LogP contribution in [-0.2, 0) is 24.2 Å². The van der Waals surface area contributed by atoms with Gasteiger partial charge in [0.05, 0.1) is 19.3 Å². The van der Waals surface area contributed by atoms with Crippen LogP contribution in [0.25, 0.3) is 0 Å². The van der Waals surface area contributed by atoms with Crippen molar-refractivity contribution in [1.82, 2.24) is 9.88 Å². The van der Waals surface area contributed by atoms with E-state index in [1.807, 2.05) is 6.92 Å². The maximum absolute atomic E-state index is 11.9. The fourth-order valence-corrected chi connectivity index (χ4v) is 2.88. The Morgan fingerprint density at radius 2 is 2.22 bits per heavy atom. The molecule has 98 valence electrons. The molecule has 0 spiro atoms. The minimum absolute atomic E-state index is 0.0193. The molecule has 0 aliphatic carbocycles. The Hall–Kier alpha value is -1.17. The van der Waals surface area contributed by atoms with Crippen molar-refractivity contribution in [2.45, 2.75) is 32.5 Å². The summed E-state index contributed by atoms with van der Waals surface area (Å²) in [6, 6.07) is 0.547. The molecule has 0 amide bonds. The number of nitrogens with two attached hydrogens (primary N) is 1. The molecule has 0 unspecified atom stereocenters. The quantitative estimate of drug-likeness (QED) is 0.768. The maximum Gasteiger partial charge on any atom is 0.252 e. The Kier molecular flexibility index (Phi) is 2.97. The molecule has 18 heavy (non-hydrogen) atoms. The van der Waals surface area contributed by atoms with E-state index in [0.717, 1.165) is 44.0 Å². The monoisotopic (exact) mass is 249 g/mol. The number of fused-ring (bicyclic) bond motifs is 1. The number of pyridine rings is 1. The first-order valence-electron chi connectivity index (χ1n) is 6.46. The second-order valence-electron chi connectivity index (χ2n) is 5.13. The van der Waals surface area contributed by atoms with Gasteiger partial charge in [0, 0.05) is 30.9 Å². The summed E-state index contributed by atoms with van der Waals surface area (Å²) in [4.78, 5) is 17.2. The molecule has 0 bridgehead atoms. The fourth-order valence-electron chi connectivity index (χ4n) is 2.88. The number of aromatic nitrogens is 1. The number of aromatic amines is 1. The van der Waals surface area contributed by atoms with Crippen molar-refractivity contribution in [3.63, 3.8) is 0 Å². The third kappa shape index (κ3) is 1.79. The van der Waals surface area contributed by atoms with Gasteiger partial charge in [-0.25, -0.2) is 0 Å². The zero-order chi connectivity index (χ0) is 12.7. The van der Waals surface area contributed by atoms with E-state index >= 15 is 0 Å². The molecule has 1 fully saturated rings. The van der Waals surface area contributed by atoms with Gasteiger partial charge in [-0.3, -0.25) is 9.69 Å². The van der Waals surface area contributed by atoms with Gasteiger partial charge in [0.1, 0.15) is 0 Å². The molecule has 2 aliphatic rings. The van der Waals surface area contributed by atoms with Crippen LogP contribution in [0.3, 0.4) is 0 Å². The molecule has 3 N–H and O–H groups in total. The number of nitrogens with zero attached hydrogens (tertiary/aromatic N) is 1. The van der Waals surface area contributed by atoms with Crippen molar-refractivity contribution >= 4 is 0 Å². The Morgan fingerprint density at radius 3 is 2.83 bits per heavy atom. The normalized spacial score (nSPS) is 20.6. The van der Waals surface area contributed by atoms with Gasteiger partial charge in [0.15, 0.2) is 0 Å². The average molecular weight is 249 g/mol.